The molecular formula is C10H12BrN5. The summed E-state index contributed by atoms with van der Waals surface area (Å²) in [6, 6.07) is 5.83. The van der Waals surface area contributed by atoms with Gasteiger partial charge in [0.15, 0.2) is 4.60 Å². The molecule has 2 heterocycles. The lowest BCUT2D eigenvalue weighted by Gasteiger charge is -2.05. The van der Waals surface area contributed by atoms with E-state index in [0.29, 0.717) is 4.60 Å². The Morgan fingerprint density at radius 2 is 2.25 bits per heavy atom. The summed E-state index contributed by atoms with van der Waals surface area (Å²) in [4.78, 5) is 4.48. The number of hydrogen-bond acceptors (Lipinski definition) is 4. The summed E-state index contributed by atoms with van der Waals surface area (Å²) >= 11 is 3.36. The zero-order valence-corrected chi connectivity index (χ0v) is 10.7. The fourth-order valence-electron chi connectivity index (χ4n) is 1.45. The van der Waals surface area contributed by atoms with Crippen LogP contribution in [0.15, 0.2) is 22.8 Å². The highest BCUT2D eigenvalue weighted by Gasteiger charge is 2.11. The lowest BCUT2D eigenvalue weighted by atomic mass is 10.3. The van der Waals surface area contributed by atoms with Crippen LogP contribution in [0.4, 0.5) is 5.82 Å². The van der Waals surface area contributed by atoms with Crippen LogP contribution in [0.1, 0.15) is 6.92 Å². The SMILES string of the molecule is CCNc1cccc(-c2c(Br)nnn2C)n1. The molecular weight excluding hydrogens is 270 g/mol. The van der Waals surface area contributed by atoms with Gasteiger partial charge in [0.1, 0.15) is 11.5 Å². The second-order valence-corrected chi connectivity index (χ2v) is 4.04. The van der Waals surface area contributed by atoms with Crippen LogP contribution in [-0.2, 0) is 7.05 Å². The Morgan fingerprint density at radius 1 is 1.44 bits per heavy atom. The molecule has 0 aliphatic carbocycles. The molecule has 6 heteroatoms. The molecule has 0 unspecified atom stereocenters. The molecule has 2 aromatic rings. The predicted octanol–water partition coefficient (Wildman–Crippen LogP) is 2.07. The third-order valence-electron chi connectivity index (χ3n) is 2.14. The first-order valence-corrected chi connectivity index (χ1v) is 5.78. The van der Waals surface area contributed by atoms with Crippen molar-refractivity contribution in [2.45, 2.75) is 6.92 Å². The minimum Gasteiger partial charge on any atom is -0.370 e. The summed E-state index contributed by atoms with van der Waals surface area (Å²) in [5.41, 5.74) is 1.72. The highest BCUT2D eigenvalue weighted by molar-refractivity contribution is 9.10. The van der Waals surface area contributed by atoms with Gasteiger partial charge in [-0.15, -0.1) is 5.10 Å². The number of aryl methyl sites for hydroxylation is 1. The molecule has 2 aromatic heterocycles. The Bertz CT molecular complexity index is 474. The lowest BCUT2D eigenvalue weighted by molar-refractivity contribution is 0.718. The van der Waals surface area contributed by atoms with Gasteiger partial charge in [0.25, 0.3) is 0 Å². The van der Waals surface area contributed by atoms with Crippen molar-refractivity contribution in [3.05, 3.63) is 22.8 Å². The second-order valence-electron chi connectivity index (χ2n) is 3.29. The van der Waals surface area contributed by atoms with Crippen molar-refractivity contribution in [3.63, 3.8) is 0 Å². The second kappa shape index (κ2) is 4.61. The molecule has 16 heavy (non-hydrogen) atoms. The molecule has 0 bridgehead atoms. The number of nitrogens with zero attached hydrogens (tertiary/aromatic N) is 4. The Hall–Kier alpha value is -1.43. The molecule has 0 fully saturated rings. The van der Waals surface area contributed by atoms with Crippen LogP contribution in [0.25, 0.3) is 11.4 Å². The summed E-state index contributed by atoms with van der Waals surface area (Å²) in [6.07, 6.45) is 0. The summed E-state index contributed by atoms with van der Waals surface area (Å²) < 4.78 is 2.40. The van der Waals surface area contributed by atoms with Gasteiger partial charge in [-0.05, 0) is 35.0 Å². The van der Waals surface area contributed by atoms with E-state index in [1.165, 1.54) is 0 Å². The largest absolute Gasteiger partial charge is 0.370 e. The highest BCUT2D eigenvalue weighted by Crippen LogP contribution is 2.24. The maximum atomic E-state index is 4.48. The number of anilines is 1. The molecule has 0 radical (unpaired) electrons. The van der Waals surface area contributed by atoms with Crippen LogP contribution in [0.3, 0.4) is 0 Å². The molecule has 0 atom stereocenters. The van der Waals surface area contributed by atoms with Crippen LogP contribution in [0, 0.1) is 0 Å². The van der Waals surface area contributed by atoms with Gasteiger partial charge in [0.05, 0.1) is 5.69 Å². The first-order valence-electron chi connectivity index (χ1n) is 4.99. The monoisotopic (exact) mass is 281 g/mol. The zero-order chi connectivity index (χ0) is 11.5. The molecule has 0 saturated carbocycles. The van der Waals surface area contributed by atoms with Crippen molar-refractivity contribution >= 4 is 21.7 Å². The normalized spacial score (nSPS) is 10.4. The lowest BCUT2D eigenvalue weighted by Crippen LogP contribution is -2.01. The first-order chi connectivity index (χ1) is 7.72. The third-order valence-corrected chi connectivity index (χ3v) is 2.67. The zero-order valence-electron chi connectivity index (χ0n) is 9.11. The molecule has 0 aliphatic heterocycles. The number of rotatable bonds is 3. The Labute approximate surface area is 102 Å². The van der Waals surface area contributed by atoms with Crippen molar-refractivity contribution in [2.75, 3.05) is 11.9 Å². The maximum absolute atomic E-state index is 4.48. The Kier molecular flexibility index (Phi) is 3.19. The molecule has 5 nitrogen and oxygen atoms in total. The predicted molar refractivity (Wildman–Crippen MR) is 66.1 cm³/mol. The van der Waals surface area contributed by atoms with Gasteiger partial charge >= 0.3 is 0 Å². The van der Waals surface area contributed by atoms with Gasteiger partial charge < -0.3 is 5.32 Å². The smallest absolute Gasteiger partial charge is 0.157 e. The van der Waals surface area contributed by atoms with E-state index >= 15 is 0 Å². The van der Waals surface area contributed by atoms with Gasteiger partial charge in [-0.3, -0.25) is 0 Å². The first kappa shape index (κ1) is 11.1. The van der Waals surface area contributed by atoms with Gasteiger partial charge in [0, 0.05) is 13.6 Å². The number of aromatic nitrogens is 4. The van der Waals surface area contributed by atoms with Crippen LogP contribution in [-0.4, -0.2) is 26.5 Å². The van der Waals surface area contributed by atoms with Crippen LogP contribution >= 0.6 is 15.9 Å². The molecule has 1 N–H and O–H groups in total. The summed E-state index contributed by atoms with van der Waals surface area (Å²) in [7, 11) is 1.84. The van der Waals surface area contributed by atoms with E-state index in [-0.39, 0.29) is 0 Å². The third kappa shape index (κ3) is 2.06. The molecule has 84 valence electrons. The molecule has 0 amide bonds. The van der Waals surface area contributed by atoms with Crippen LogP contribution in [0.2, 0.25) is 0 Å². The van der Waals surface area contributed by atoms with E-state index in [2.05, 4.69) is 36.5 Å². The minimum atomic E-state index is 0.705. The van der Waals surface area contributed by atoms with E-state index < -0.39 is 0 Å². The summed E-state index contributed by atoms with van der Waals surface area (Å²) in [5.74, 6) is 0.855. The van der Waals surface area contributed by atoms with E-state index in [4.69, 9.17) is 0 Å². The summed E-state index contributed by atoms with van der Waals surface area (Å²) in [6.45, 7) is 2.89. The van der Waals surface area contributed by atoms with Crippen molar-refractivity contribution in [2.24, 2.45) is 7.05 Å². The number of nitrogens with one attached hydrogen (secondary N) is 1. The summed E-state index contributed by atoms with van der Waals surface area (Å²) in [5, 5.41) is 11.0. The van der Waals surface area contributed by atoms with Gasteiger partial charge in [0.2, 0.25) is 0 Å². The van der Waals surface area contributed by atoms with E-state index in [0.717, 1.165) is 23.8 Å². The molecule has 0 aliphatic rings. The van der Waals surface area contributed by atoms with Gasteiger partial charge in [-0.2, -0.15) is 0 Å². The minimum absolute atomic E-state index is 0.705. The number of halogens is 1. The fraction of sp³-hybridized carbons (Fsp3) is 0.300. The van der Waals surface area contributed by atoms with Crippen molar-refractivity contribution in [1.82, 2.24) is 20.0 Å². The van der Waals surface area contributed by atoms with Gasteiger partial charge in [-0.25, -0.2) is 9.67 Å². The fourth-order valence-corrected chi connectivity index (χ4v) is 1.98. The highest BCUT2D eigenvalue weighted by atomic mass is 79.9. The quantitative estimate of drug-likeness (QED) is 0.936. The van der Waals surface area contributed by atoms with E-state index in [1.807, 2.05) is 32.2 Å². The van der Waals surface area contributed by atoms with Crippen molar-refractivity contribution in [1.29, 1.82) is 0 Å². The average molecular weight is 282 g/mol. The van der Waals surface area contributed by atoms with Crippen LogP contribution < -0.4 is 5.32 Å². The maximum Gasteiger partial charge on any atom is 0.157 e. The molecule has 2 rings (SSSR count). The topological polar surface area (TPSA) is 55.6 Å². The van der Waals surface area contributed by atoms with E-state index in [9.17, 15) is 0 Å². The molecule has 0 spiro atoms. The molecule has 0 saturated heterocycles. The van der Waals surface area contributed by atoms with Crippen molar-refractivity contribution < 1.29 is 0 Å². The van der Waals surface area contributed by atoms with Crippen molar-refractivity contribution in [3.8, 4) is 11.4 Å². The Balaban J connectivity index is 2.44. The average Bonchev–Trinajstić information content (AvgIpc) is 2.59. The number of pyridine rings is 1. The standard InChI is InChI=1S/C10H12BrN5/c1-3-12-8-6-4-5-7(13-8)9-10(11)14-15-16(9)2/h4-6H,3H2,1-2H3,(H,12,13). The number of hydrogen-bond donors (Lipinski definition) is 1. The van der Waals surface area contributed by atoms with Crippen LogP contribution in [0.5, 0.6) is 0 Å². The van der Waals surface area contributed by atoms with E-state index in [1.54, 1.807) is 4.68 Å². The Morgan fingerprint density at radius 3 is 2.88 bits per heavy atom. The molecule has 0 aromatic carbocycles. The van der Waals surface area contributed by atoms with Gasteiger partial charge in [-0.1, -0.05) is 11.3 Å².